The number of carbonyl (C=O) groups excluding carboxylic acids is 1. The highest BCUT2D eigenvalue weighted by Gasteiger charge is 2.17. The molecule has 3 aromatic carbocycles. The second-order valence-corrected chi connectivity index (χ2v) is 9.60. The highest BCUT2D eigenvalue weighted by Crippen LogP contribution is 2.34. The Morgan fingerprint density at radius 3 is 1.85 bits per heavy atom. The lowest BCUT2D eigenvalue weighted by Gasteiger charge is -2.13. The number of nitrogens with zero attached hydrogens (tertiary/aromatic N) is 3. The van der Waals surface area contributed by atoms with Gasteiger partial charge in [0.05, 0.1) is 25.4 Å². The van der Waals surface area contributed by atoms with E-state index in [0.29, 0.717) is 41.9 Å². The number of benzene rings is 3. The van der Waals surface area contributed by atoms with Gasteiger partial charge in [-0.15, -0.1) is 0 Å². The van der Waals surface area contributed by atoms with E-state index in [9.17, 15) is 9.90 Å². The van der Waals surface area contributed by atoms with E-state index < -0.39 is 0 Å². The summed E-state index contributed by atoms with van der Waals surface area (Å²) in [5.41, 5.74) is 6.53. The number of hydrogen-bond acceptors (Lipinski definition) is 8. The van der Waals surface area contributed by atoms with Crippen molar-refractivity contribution in [2.75, 3.05) is 33.0 Å². The summed E-state index contributed by atoms with van der Waals surface area (Å²) < 4.78 is 10.7. The summed E-state index contributed by atoms with van der Waals surface area (Å²) in [5, 5.41) is 22.3. The lowest BCUT2D eigenvalue weighted by Crippen LogP contribution is -2.31. The largest absolute Gasteiger partial charge is 0.507 e. The number of phenols is 1. The molecule has 1 aromatic heterocycles. The molecule has 1 amide bonds. The summed E-state index contributed by atoms with van der Waals surface area (Å²) in [7, 11) is 0. The quantitative estimate of drug-likeness (QED) is 0.239. The Morgan fingerprint density at radius 1 is 0.775 bits per heavy atom. The zero-order chi connectivity index (χ0) is 28.6. The summed E-state index contributed by atoms with van der Waals surface area (Å²) in [6.07, 6.45) is 0. The summed E-state index contributed by atoms with van der Waals surface area (Å²) in [4.78, 5) is 26.3. The molecule has 40 heavy (non-hydrogen) atoms. The van der Waals surface area contributed by atoms with Crippen molar-refractivity contribution in [1.82, 2.24) is 20.3 Å². The summed E-state index contributed by atoms with van der Waals surface area (Å²) >= 11 is 0. The van der Waals surface area contributed by atoms with Gasteiger partial charge in [0.2, 0.25) is 0 Å². The second kappa shape index (κ2) is 13.1. The Balaban J connectivity index is 1.62. The molecule has 0 aliphatic heterocycles. The number of aryl methyl sites for hydroxylation is 4. The third kappa shape index (κ3) is 7.19. The van der Waals surface area contributed by atoms with Crippen LogP contribution in [0.1, 0.15) is 22.3 Å². The minimum absolute atomic E-state index is 0.0686. The van der Waals surface area contributed by atoms with Crippen molar-refractivity contribution in [3.05, 3.63) is 76.9 Å². The molecule has 1 heterocycles. The molecule has 0 aliphatic rings. The van der Waals surface area contributed by atoms with Gasteiger partial charge in [-0.1, -0.05) is 47.5 Å². The van der Waals surface area contributed by atoms with Crippen LogP contribution >= 0.6 is 0 Å². The van der Waals surface area contributed by atoms with E-state index in [1.807, 2.05) is 52.0 Å². The van der Waals surface area contributed by atoms with Crippen LogP contribution in [0, 0.1) is 27.7 Å². The summed E-state index contributed by atoms with van der Waals surface area (Å²) in [5.74, 6) is 1.26. The zero-order valence-electron chi connectivity index (χ0n) is 23.2. The van der Waals surface area contributed by atoms with Gasteiger partial charge < -0.3 is 25.0 Å². The van der Waals surface area contributed by atoms with Gasteiger partial charge in [-0.25, -0.2) is 15.0 Å². The first kappa shape index (κ1) is 28.7. The molecule has 0 radical (unpaired) electrons. The molecule has 0 saturated carbocycles. The topological polar surface area (TPSA) is 127 Å². The maximum Gasteiger partial charge on any atom is 0.258 e. The fourth-order valence-corrected chi connectivity index (χ4v) is 4.29. The molecule has 208 valence electrons. The van der Waals surface area contributed by atoms with E-state index in [-0.39, 0.29) is 31.5 Å². The van der Waals surface area contributed by atoms with Gasteiger partial charge >= 0.3 is 0 Å². The Kier molecular flexibility index (Phi) is 9.42. The Hall–Kier alpha value is -4.34. The van der Waals surface area contributed by atoms with E-state index in [2.05, 4.69) is 17.4 Å². The van der Waals surface area contributed by atoms with Crippen LogP contribution in [-0.4, -0.2) is 64.0 Å². The molecular weight excluding hydrogens is 508 g/mol. The first-order valence-corrected chi connectivity index (χ1v) is 13.1. The number of amides is 1. The van der Waals surface area contributed by atoms with Gasteiger partial charge in [0.15, 0.2) is 24.1 Å². The number of aromatic nitrogens is 3. The van der Waals surface area contributed by atoms with Crippen molar-refractivity contribution < 1.29 is 24.5 Å². The van der Waals surface area contributed by atoms with Gasteiger partial charge in [0, 0.05) is 23.7 Å². The highest BCUT2D eigenvalue weighted by atomic mass is 16.5. The predicted octanol–water partition coefficient (Wildman–Crippen LogP) is 4.32. The fourth-order valence-electron chi connectivity index (χ4n) is 4.29. The van der Waals surface area contributed by atoms with E-state index in [1.165, 1.54) is 6.07 Å². The molecule has 0 saturated heterocycles. The van der Waals surface area contributed by atoms with E-state index in [4.69, 9.17) is 29.5 Å². The first-order valence-electron chi connectivity index (χ1n) is 13.1. The Labute approximate surface area is 233 Å². The summed E-state index contributed by atoms with van der Waals surface area (Å²) in [6.45, 7) is 8.64. The van der Waals surface area contributed by atoms with Gasteiger partial charge in [0.25, 0.3) is 5.91 Å². The van der Waals surface area contributed by atoms with Crippen LogP contribution in [0.15, 0.2) is 54.6 Å². The van der Waals surface area contributed by atoms with Gasteiger partial charge in [-0.05, 0) is 51.0 Å². The third-order valence-electron chi connectivity index (χ3n) is 6.27. The van der Waals surface area contributed by atoms with Crippen molar-refractivity contribution in [2.45, 2.75) is 27.7 Å². The fraction of sp³-hybridized carbons (Fsp3) is 0.290. The molecule has 0 atom stereocenters. The number of hydrogen-bond donors (Lipinski definition) is 3. The number of carbonyl (C=O) groups is 1. The SMILES string of the molecule is Cc1ccc(-c2nc(-c3ccc(C)cc3C)nc(-c3ccc(OCC(=O)NCCOCCO)cc3O)n2)c(C)c1. The predicted molar refractivity (Wildman–Crippen MR) is 153 cm³/mol. The summed E-state index contributed by atoms with van der Waals surface area (Å²) in [6, 6.07) is 16.9. The average Bonchev–Trinajstić information content (AvgIpc) is 2.91. The van der Waals surface area contributed by atoms with Crippen molar-refractivity contribution in [2.24, 2.45) is 0 Å². The number of aromatic hydroxyl groups is 1. The minimum atomic E-state index is -0.329. The number of nitrogens with one attached hydrogen (secondary N) is 1. The Morgan fingerprint density at radius 2 is 1.32 bits per heavy atom. The average molecular weight is 543 g/mol. The lowest BCUT2D eigenvalue weighted by atomic mass is 10.0. The van der Waals surface area contributed by atoms with Crippen LogP contribution in [0.2, 0.25) is 0 Å². The van der Waals surface area contributed by atoms with Crippen LogP contribution in [-0.2, 0) is 9.53 Å². The van der Waals surface area contributed by atoms with Gasteiger partial charge in [-0.3, -0.25) is 4.79 Å². The molecular formula is C31H34N4O5. The van der Waals surface area contributed by atoms with E-state index in [1.54, 1.807) is 12.1 Å². The molecule has 0 bridgehead atoms. The standard InChI is InChI=1S/C31H34N4O5/c1-19-5-8-24(21(3)15-19)29-33-30(25-9-6-20(2)16-22(25)4)35-31(34-29)26-10-7-23(17-27(26)37)40-18-28(38)32-11-13-39-14-12-36/h5-10,15-17,36-37H,11-14,18H2,1-4H3,(H,32,38). The van der Waals surface area contributed by atoms with E-state index >= 15 is 0 Å². The number of ether oxygens (including phenoxy) is 2. The monoisotopic (exact) mass is 542 g/mol. The maximum absolute atomic E-state index is 12.0. The molecule has 0 unspecified atom stereocenters. The molecule has 0 spiro atoms. The third-order valence-corrected chi connectivity index (χ3v) is 6.27. The maximum atomic E-state index is 12.0. The van der Waals surface area contributed by atoms with Crippen molar-refractivity contribution in [3.8, 4) is 45.7 Å². The van der Waals surface area contributed by atoms with Crippen LogP contribution in [0.4, 0.5) is 0 Å². The van der Waals surface area contributed by atoms with Crippen molar-refractivity contribution in [1.29, 1.82) is 0 Å². The van der Waals surface area contributed by atoms with Crippen LogP contribution < -0.4 is 10.1 Å². The smallest absolute Gasteiger partial charge is 0.258 e. The molecule has 4 aromatic rings. The first-order chi connectivity index (χ1) is 19.2. The van der Waals surface area contributed by atoms with Gasteiger partial charge in [-0.2, -0.15) is 0 Å². The Bertz CT molecular complexity index is 1440. The highest BCUT2D eigenvalue weighted by molar-refractivity contribution is 5.77. The molecule has 3 N–H and O–H groups in total. The van der Waals surface area contributed by atoms with Crippen molar-refractivity contribution >= 4 is 5.91 Å². The number of phenolic OH excluding ortho intramolecular Hbond substituents is 1. The number of aliphatic hydroxyl groups excluding tert-OH is 1. The zero-order valence-corrected chi connectivity index (χ0v) is 23.2. The molecule has 0 fully saturated rings. The van der Waals surface area contributed by atoms with Crippen molar-refractivity contribution in [3.63, 3.8) is 0 Å². The number of aliphatic hydroxyl groups is 1. The van der Waals surface area contributed by atoms with Crippen LogP contribution in [0.25, 0.3) is 34.2 Å². The minimum Gasteiger partial charge on any atom is -0.507 e. The van der Waals surface area contributed by atoms with E-state index in [0.717, 1.165) is 33.4 Å². The second-order valence-electron chi connectivity index (χ2n) is 9.60. The molecule has 9 nitrogen and oxygen atoms in total. The molecule has 4 rings (SSSR count). The molecule has 0 aliphatic carbocycles. The van der Waals surface area contributed by atoms with Crippen LogP contribution in [0.3, 0.4) is 0 Å². The van der Waals surface area contributed by atoms with Gasteiger partial charge in [0.1, 0.15) is 11.5 Å². The van der Waals surface area contributed by atoms with Crippen LogP contribution in [0.5, 0.6) is 11.5 Å². The molecule has 9 heteroatoms. The lowest BCUT2D eigenvalue weighted by molar-refractivity contribution is -0.123. The normalized spacial score (nSPS) is 10.9. The number of rotatable bonds is 11.